The van der Waals surface area contributed by atoms with Crippen LogP contribution in [0.4, 0.5) is 0 Å². The van der Waals surface area contributed by atoms with Crippen molar-refractivity contribution in [3.05, 3.63) is 63.2 Å². The van der Waals surface area contributed by atoms with Crippen molar-refractivity contribution in [2.24, 2.45) is 0 Å². The standard InChI is InChI=1S/C19H17IO5/c20-17-9-2-1-8-16(17)19(22)25-14-6-3-5-13(11-14)18(21)24-12-15-7-4-10-23-15/h1-3,5-6,8-9,11,15H,4,7,10,12H2. The molecule has 0 spiro atoms. The Morgan fingerprint density at radius 2 is 1.96 bits per heavy atom. The molecule has 1 aliphatic heterocycles. The molecule has 0 aromatic heterocycles. The third-order valence-electron chi connectivity index (χ3n) is 3.80. The van der Waals surface area contributed by atoms with Gasteiger partial charge >= 0.3 is 11.9 Å². The highest BCUT2D eigenvalue weighted by molar-refractivity contribution is 14.1. The maximum atomic E-state index is 12.3. The lowest BCUT2D eigenvalue weighted by atomic mass is 10.2. The molecule has 25 heavy (non-hydrogen) atoms. The van der Waals surface area contributed by atoms with Crippen LogP contribution in [0.25, 0.3) is 0 Å². The molecule has 0 bridgehead atoms. The van der Waals surface area contributed by atoms with Crippen LogP contribution in [0.3, 0.4) is 0 Å². The van der Waals surface area contributed by atoms with Crippen LogP contribution < -0.4 is 4.74 Å². The number of benzene rings is 2. The first kappa shape index (κ1) is 17.9. The summed E-state index contributed by atoms with van der Waals surface area (Å²) in [6, 6.07) is 13.6. The Balaban J connectivity index is 1.63. The van der Waals surface area contributed by atoms with Crippen LogP contribution in [0.2, 0.25) is 0 Å². The molecule has 1 fully saturated rings. The van der Waals surface area contributed by atoms with Gasteiger partial charge in [0.05, 0.1) is 17.2 Å². The van der Waals surface area contributed by atoms with Gasteiger partial charge in [-0.25, -0.2) is 9.59 Å². The molecule has 0 saturated carbocycles. The van der Waals surface area contributed by atoms with Crippen LogP contribution in [-0.4, -0.2) is 31.3 Å². The Morgan fingerprint density at radius 1 is 1.12 bits per heavy atom. The van der Waals surface area contributed by atoms with E-state index in [-0.39, 0.29) is 12.7 Å². The SMILES string of the molecule is O=C(OCC1CCCO1)c1cccc(OC(=O)c2ccccc2I)c1. The zero-order valence-electron chi connectivity index (χ0n) is 13.4. The van der Waals surface area contributed by atoms with Crippen molar-refractivity contribution in [3.8, 4) is 5.75 Å². The van der Waals surface area contributed by atoms with Gasteiger partial charge in [0, 0.05) is 10.2 Å². The number of carbonyl (C=O) groups excluding carboxylic acids is 2. The molecule has 130 valence electrons. The fraction of sp³-hybridized carbons (Fsp3) is 0.263. The molecule has 1 unspecified atom stereocenters. The minimum absolute atomic E-state index is 0.0230. The van der Waals surface area contributed by atoms with Crippen LogP contribution in [-0.2, 0) is 9.47 Å². The number of hydrogen-bond acceptors (Lipinski definition) is 5. The van der Waals surface area contributed by atoms with Gasteiger partial charge < -0.3 is 14.2 Å². The van der Waals surface area contributed by atoms with Gasteiger partial charge in [0.25, 0.3) is 0 Å². The number of halogens is 1. The Hall–Kier alpha value is -1.93. The molecule has 1 heterocycles. The van der Waals surface area contributed by atoms with Crippen LogP contribution >= 0.6 is 22.6 Å². The zero-order chi connectivity index (χ0) is 17.6. The van der Waals surface area contributed by atoms with Crippen molar-refractivity contribution in [2.75, 3.05) is 13.2 Å². The summed E-state index contributed by atoms with van der Waals surface area (Å²) in [5, 5.41) is 0. The average Bonchev–Trinajstić information content (AvgIpc) is 3.14. The predicted molar refractivity (Wildman–Crippen MR) is 99.8 cm³/mol. The zero-order valence-corrected chi connectivity index (χ0v) is 15.6. The van der Waals surface area contributed by atoms with Gasteiger partial charge in [-0.2, -0.15) is 0 Å². The number of carbonyl (C=O) groups is 2. The maximum absolute atomic E-state index is 12.3. The van der Waals surface area contributed by atoms with Gasteiger partial charge in [-0.3, -0.25) is 0 Å². The maximum Gasteiger partial charge on any atom is 0.344 e. The molecule has 6 heteroatoms. The summed E-state index contributed by atoms with van der Waals surface area (Å²) < 4.78 is 16.9. The van der Waals surface area contributed by atoms with Gasteiger partial charge in [0.15, 0.2) is 0 Å². The number of hydrogen-bond donors (Lipinski definition) is 0. The van der Waals surface area contributed by atoms with E-state index in [4.69, 9.17) is 14.2 Å². The second-order valence-electron chi connectivity index (χ2n) is 5.63. The van der Waals surface area contributed by atoms with Crippen LogP contribution in [0.15, 0.2) is 48.5 Å². The fourth-order valence-corrected chi connectivity index (χ4v) is 3.11. The fourth-order valence-electron chi connectivity index (χ4n) is 2.50. The molecule has 0 aliphatic carbocycles. The van der Waals surface area contributed by atoms with Crippen molar-refractivity contribution in [1.29, 1.82) is 0 Å². The first-order valence-corrected chi connectivity index (χ1v) is 9.07. The summed E-state index contributed by atoms with van der Waals surface area (Å²) in [5.41, 5.74) is 0.820. The third kappa shape index (κ3) is 4.79. The van der Waals surface area contributed by atoms with E-state index < -0.39 is 11.9 Å². The molecule has 0 N–H and O–H groups in total. The Morgan fingerprint density at radius 3 is 2.72 bits per heavy atom. The van der Waals surface area contributed by atoms with Crippen molar-refractivity contribution in [1.82, 2.24) is 0 Å². The molecule has 0 radical (unpaired) electrons. The molecule has 1 atom stereocenters. The van der Waals surface area contributed by atoms with E-state index in [0.717, 1.165) is 16.4 Å². The topological polar surface area (TPSA) is 61.8 Å². The van der Waals surface area contributed by atoms with E-state index in [2.05, 4.69) is 22.6 Å². The molecule has 3 rings (SSSR count). The van der Waals surface area contributed by atoms with Crippen LogP contribution in [0, 0.1) is 3.57 Å². The van der Waals surface area contributed by atoms with Crippen molar-refractivity contribution < 1.29 is 23.8 Å². The third-order valence-corrected chi connectivity index (χ3v) is 4.74. The highest BCUT2D eigenvalue weighted by atomic mass is 127. The molecular formula is C19H17IO5. The Kier molecular flexibility index (Phi) is 6.04. The van der Waals surface area contributed by atoms with Gasteiger partial charge in [0.2, 0.25) is 0 Å². The molecule has 0 amide bonds. The van der Waals surface area contributed by atoms with Gasteiger partial charge in [-0.15, -0.1) is 0 Å². The highest BCUT2D eigenvalue weighted by Gasteiger charge is 2.19. The van der Waals surface area contributed by atoms with E-state index in [1.54, 1.807) is 30.3 Å². The smallest absolute Gasteiger partial charge is 0.344 e. The first-order chi connectivity index (χ1) is 12.1. The second-order valence-corrected chi connectivity index (χ2v) is 6.79. The summed E-state index contributed by atoms with van der Waals surface area (Å²) in [6.07, 6.45) is 1.87. The van der Waals surface area contributed by atoms with Crippen LogP contribution in [0.1, 0.15) is 33.6 Å². The number of esters is 2. The van der Waals surface area contributed by atoms with E-state index in [1.807, 2.05) is 12.1 Å². The summed E-state index contributed by atoms with van der Waals surface area (Å²) >= 11 is 2.08. The molecule has 5 nitrogen and oxygen atoms in total. The van der Waals surface area contributed by atoms with E-state index in [1.165, 1.54) is 6.07 Å². The summed E-state index contributed by atoms with van der Waals surface area (Å²) in [4.78, 5) is 24.4. The Labute approximate surface area is 159 Å². The number of rotatable bonds is 5. The Bertz CT molecular complexity index is 768. The van der Waals surface area contributed by atoms with Gasteiger partial charge in [-0.05, 0) is 65.8 Å². The highest BCUT2D eigenvalue weighted by Crippen LogP contribution is 2.19. The van der Waals surface area contributed by atoms with Crippen molar-refractivity contribution >= 4 is 34.5 Å². The van der Waals surface area contributed by atoms with Gasteiger partial charge in [0.1, 0.15) is 12.4 Å². The molecule has 1 aliphatic rings. The molecule has 1 saturated heterocycles. The van der Waals surface area contributed by atoms with Crippen LogP contribution in [0.5, 0.6) is 5.75 Å². The molecule has 2 aromatic carbocycles. The lowest BCUT2D eigenvalue weighted by Crippen LogP contribution is -2.18. The summed E-state index contributed by atoms with van der Waals surface area (Å²) in [7, 11) is 0. The summed E-state index contributed by atoms with van der Waals surface area (Å²) in [5.74, 6) is -0.617. The van der Waals surface area contributed by atoms with E-state index in [9.17, 15) is 9.59 Å². The monoisotopic (exact) mass is 452 g/mol. The van der Waals surface area contributed by atoms with Gasteiger partial charge in [-0.1, -0.05) is 18.2 Å². The summed E-state index contributed by atoms with van der Waals surface area (Å²) in [6.45, 7) is 0.955. The predicted octanol–water partition coefficient (Wildman–Crippen LogP) is 3.85. The minimum Gasteiger partial charge on any atom is -0.459 e. The molecular weight excluding hydrogens is 435 g/mol. The average molecular weight is 452 g/mol. The van der Waals surface area contributed by atoms with Crippen molar-refractivity contribution in [3.63, 3.8) is 0 Å². The number of ether oxygens (including phenoxy) is 3. The quantitative estimate of drug-likeness (QED) is 0.392. The largest absolute Gasteiger partial charge is 0.459 e. The van der Waals surface area contributed by atoms with E-state index >= 15 is 0 Å². The molecule has 2 aromatic rings. The lowest BCUT2D eigenvalue weighted by Gasteiger charge is -2.11. The lowest BCUT2D eigenvalue weighted by molar-refractivity contribution is 0.0161. The second kappa shape index (κ2) is 8.44. The normalized spacial score (nSPS) is 16.4. The van der Waals surface area contributed by atoms with E-state index in [0.29, 0.717) is 23.5 Å². The minimum atomic E-state index is -0.463. The first-order valence-electron chi connectivity index (χ1n) is 7.99. The van der Waals surface area contributed by atoms with Crippen molar-refractivity contribution in [2.45, 2.75) is 18.9 Å².